The number of ether oxygens (including phenoxy) is 6. The summed E-state index contributed by atoms with van der Waals surface area (Å²) in [5, 5.41) is 10.6. The van der Waals surface area contributed by atoms with Crippen LogP contribution in [-0.4, -0.2) is 103 Å². The average Bonchev–Trinajstić information content (AvgIpc) is 2.73. The van der Waals surface area contributed by atoms with Crippen molar-refractivity contribution >= 4 is 5.69 Å². The Morgan fingerprint density at radius 3 is 1.50 bits per heavy atom. The number of rotatable bonds is 20. The first-order chi connectivity index (χ1) is 14.6. The number of hydrogen-bond donors (Lipinski definition) is 0. The molecular weight excluding hydrogens is 396 g/mol. The maximum Gasteiger partial charge on any atom is 0.269 e. The van der Waals surface area contributed by atoms with Crippen LogP contribution in [0.2, 0.25) is 0 Å². The molecule has 10 heteroatoms. The highest BCUT2D eigenvalue weighted by Gasteiger charge is 2.04. The first kappa shape index (κ1) is 26.2. The van der Waals surface area contributed by atoms with Gasteiger partial charge in [-0.05, 0) is 26.2 Å². The normalized spacial score (nSPS) is 11.2. The number of nitro benzene ring substituents is 1. The van der Waals surface area contributed by atoms with E-state index >= 15 is 0 Å². The fraction of sp³-hybridized carbons (Fsp3) is 0.700. The molecule has 0 bridgehead atoms. The third-order valence-corrected chi connectivity index (χ3v) is 3.71. The summed E-state index contributed by atoms with van der Waals surface area (Å²) < 4.78 is 32.5. The standard InChI is InChI=1S/C20H34N2O8/c1-21(2)7-8-25-9-10-26-11-12-27-13-14-28-15-16-29-17-18-30-20-5-3-19(4-6-20)22(23)24/h3-6H,7-18H2,1-2H3. The van der Waals surface area contributed by atoms with E-state index in [9.17, 15) is 10.1 Å². The topological polar surface area (TPSA) is 102 Å². The van der Waals surface area contributed by atoms with E-state index in [0.717, 1.165) is 6.54 Å². The van der Waals surface area contributed by atoms with Crippen molar-refractivity contribution in [3.8, 4) is 5.75 Å². The number of nitro groups is 1. The first-order valence-electron chi connectivity index (χ1n) is 10.0. The van der Waals surface area contributed by atoms with E-state index in [4.69, 9.17) is 28.4 Å². The second-order valence-corrected chi connectivity index (χ2v) is 6.46. The fourth-order valence-electron chi connectivity index (χ4n) is 2.11. The lowest BCUT2D eigenvalue weighted by Crippen LogP contribution is -2.19. The summed E-state index contributed by atoms with van der Waals surface area (Å²) in [6.07, 6.45) is 0. The average molecular weight is 430 g/mol. The van der Waals surface area contributed by atoms with Crippen molar-refractivity contribution in [2.45, 2.75) is 0 Å². The number of nitrogens with zero attached hydrogens (tertiary/aromatic N) is 2. The van der Waals surface area contributed by atoms with Crippen LogP contribution in [0.1, 0.15) is 0 Å². The lowest BCUT2D eigenvalue weighted by molar-refractivity contribution is -0.384. The summed E-state index contributed by atoms with van der Waals surface area (Å²) in [5.41, 5.74) is 0.0352. The van der Waals surface area contributed by atoms with Gasteiger partial charge in [-0.25, -0.2) is 0 Å². The highest BCUT2D eigenvalue weighted by atomic mass is 16.6. The minimum absolute atomic E-state index is 0.0352. The lowest BCUT2D eigenvalue weighted by atomic mass is 10.3. The van der Waals surface area contributed by atoms with E-state index in [1.54, 1.807) is 12.1 Å². The Kier molecular flexibility index (Phi) is 15.7. The quantitative estimate of drug-likeness (QED) is 0.173. The molecule has 0 fully saturated rings. The van der Waals surface area contributed by atoms with Gasteiger partial charge in [0.05, 0.1) is 71.0 Å². The zero-order valence-electron chi connectivity index (χ0n) is 18.0. The van der Waals surface area contributed by atoms with Gasteiger partial charge >= 0.3 is 0 Å². The summed E-state index contributed by atoms with van der Waals surface area (Å²) in [6, 6.07) is 5.93. The summed E-state index contributed by atoms with van der Waals surface area (Å²) >= 11 is 0. The van der Waals surface area contributed by atoms with E-state index in [1.807, 2.05) is 14.1 Å². The van der Waals surface area contributed by atoms with Crippen LogP contribution < -0.4 is 4.74 Å². The van der Waals surface area contributed by atoms with Crippen LogP contribution in [0.3, 0.4) is 0 Å². The molecular formula is C20H34N2O8. The Hall–Kier alpha value is -1.82. The second kappa shape index (κ2) is 18.0. The van der Waals surface area contributed by atoms with Gasteiger partial charge < -0.3 is 33.3 Å². The molecule has 1 aromatic carbocycles. The maximum absolute atomic E-state index is 10.6. The third kappa shape index (κ3) is 15.1. The zero-order chi connectivity index (χ0) is 21.9. The highest BCUT2D eigenvalue weighted by Crippen LogP contribution is 2.16. The van der Waals surface area contributed by atoms with Crippen LogP contribution in [0.5, 0.6) is 5.75 Å². The van der Waals surface area contributed by atoms with Crippen LogP contribution in [-0.2, 0) is 23.7 Å². The minimum atomic E-state index is -0.448. The van der Waals surface area contributed by atoms with E-state index < -0.39 is 4.92 Å². The van der Waals surface area contributed by atoms with Crippen LogP contribution in [0.15, 0.2) is 24.3 Å². The van der Waals surface area contributed by atoms with E-state index in [-0.39, 0.29) is 5.69 Å². The van der Waals surface area contributed by atoms with Crippen LogP contribution in [0, 0.1) is 10.1 Å². The predicted octanol–water partition coefficient (Wildman–Crippen LogP) is 1.62. The molecule has 0 atom stereocenters. The Labute approximate surface area is 178 Å². The number of hydrogen-bond acceptors (Lipinski definition) is 9. The van der Waals surface area contributed by atoms with Gasteiger partial charge in [-0.1, -0.05) is 0 Å². The maximum atomic E-state index is 10.6. The molecule has 0 aliphatic carbocycles. The molecule has 0 aliphatic heterocycles. The molecule has 0 N–H and O–H groups in total. The van der Waals surface area contributed by atoms with Crippen molar-refractivity contribution in [3.63, 3.8) is 0 Å². The van der Waals surface area contributed by atoms with Crippen molar-refractivity contribution in [2.75, 3.05) is 93.3 Å². The fourth-order valence-corrected chi connectivity index (χ4v) is 2.11. The van der Waals surface area contributed by atoms with Crippen molar-refractivity contribution in [1.29, 1.82) is 0 Å². The summed E-state index contributed by atoms with van der Waals surface area (Å²) in [5.74, 6) is 0.568. The van der Waals surface area contributed by atoms with Crippen molar-refractivity contribution < 1.29 is 33.3 Å². The lowest BCUT2D eigenvalue weighted by Gasteiger charge is -2.10. The Bertz CT molecular complexity index is 542. The molecule has 0 unspecified atom stereocenters. The molecule has 0 heterocycles. The van der Waals surface area contributed by atoms with Gasteiger partial charge in [-0.2, -0.15) is 0 Å². The van der Waals surface area contributed by atoms with E-state index in [0.29, 0.717) is 78.4 Å². The molecule has 172 valence electrons. The molecule has 0 aliphatic rings. The second-order valence-electron chi connectivity index (χ2n) is 6.46. The van der Waals surface area contributed by atoms with E-state index in [1.165, 1.54) is 12.1 Å². The molecule has 30 heavy (non-hydrogen) atoms. The predicted molar refractivity (Wildman–Crippen MR) is 111 cm³/mol. The Balaban J connectivity index is 1.77. The van der Waals surface area contributed by atoms with Crippen molar-refractivity contribution in [2.24, 2.45) is 0 Å². The van der Waals surface area contributed by atoms with E-state index in [2.05, 4.69) is 4.90 Å². The van der Waals surface area contributed by atoms with Gasteiger partial charge in [-0.15, -0.1) is 0 Å². The van der Waals surface area contributed by atoms with Gasteiger partial charge in [0.1, 0.15) is 12.4 Å². The molecule has 0 saturated heterocycles. The molecule has 1 rings (SSSR count). The van der Waals surface area contributed by atoms with Gasteiger partial charge in [0.25, 0.3) is 5.69 Å². The number of non-ortho nitro benzene ring substituents is 1. The van der Waals surface area contributed by atoms with Crippen LogP contribution in [0.25, 0.3) is 0 Å². The van der Waals surface area contributed by atoms with Gasteiger partial charge in [0.15, 0.2) is 0 Å². The summed E-state index contributed by atoms with van der Waals surface area (Å²) in [6.45, 7) is 6.55. The number of likely N-dealkylation sites (N-methyl/N-ethyl adjacent to an activating group) is 1. The van der Waals surface area contributed by atoms with Crippen molar-refractivity contribution in [3.05, 3.63) is 34.4 Å². The first-order valence-corrected chi connectivity index (χ1v) is 10.0. The highest BCUT2D eigenvalue weighted by molar-refractivity contribution is 5.35. The Morgan fingerprint density at radius 1 is 0.700 bits per heavy atom. The summed E-state index contributed by atoms with van der Waals surface area (Å²) in [7, 11) is 4.02. The zero-order valence-corrected chi connectivity index (χ0v) is 18.0. The van der Waals surface area contributed by atoms with Crippen LogP contribution in [0.4, 0.5) is 5.69 Å². The SMILES string of the molecule is CN(C)CCOCCOCCOCCOCCOCCOc1ccc([N+](=O)[O-])cc1. The van der Waals surface area contributed by atoms with Gasteiger partial charge in [0, 0.05) is 18.7 Å². The van der Waals surface area contributed by atoms with Gasteiger partial charge in [0.2, 0.25) is 0 Å². The minimum Gasteiger partial charge on any atom is -0.491 e. The smallest absolute Gasteiger partial charge is 0.269 e. The molecule has 0 aromatic heterocycles. The third-order valence-electron chi connectivity index (χ3n) is 3.71. The molecule has 0 amide bonds. The van der Waals surface area contributed by atoms with Crippen molar-refractivity contribution in [1.82, 2.24) is 4.90 Å². The molecule has 10 nitrogen and oxygen atoms in total. The molecule has 0 spiro atoms. The monoisotopic (exact) mass is 430 g/mol. The summed E-state index contributed by atoms with van der Waals surface area (Å²) in [4.78, 5) is 12.2. The Morgan fingerprint density at radius 2 is 1.10 bits per heavy atom. The molecule has 0 radical (unpaired) electrons. The molecule has 1 aromatic rings. The van der Waals surface area contributed by atoms with Gasteiger partial charge in [-0.3, -0.25) is 10.1 Å². The largest absolute Gasteiger partial charge is 0.491 e. The molecule has 0 saturated carbocycles. The van der Waals surface area contributed by atoms with Crippen LogP contribution >= 0.6 is 0 Å². The number of benzene rings is 1.